The summed E-state index contributed by atoms with van der Waals surface area (Å²) in [4.78, 5) is 0. The maximum absolute atomic E-state index is 15.0. The van der Waals surface area contributed by atoms with Crippen molar-refractivity contribution in [1.82, 2.24) is 0 Å². The van der Waals surface area contributed by atoms with Gasteiger partial charge in [-0.3, -0.25) is 0 Å². The van der Waals surface area contributed by atoms with Crippen LogP contribution < -0.4 is 4.74 Å². The van der Waals surface area contributed by atoms with E-state index in [1.54, 1.807) is 6.07 Å². The van der Waals surface area contributed by atoms with Crippen LogP contribution in [-0.4, -0.2) is 6.43 Å². The Morgan fingerprint density at radius 1 is 0.806 bits per heavy atom. The standard InChI is InChI=1S/C30H29F5O/c1-2-3-19-4-6-20(7-5-19)21-8-10-22(11-9-21)23-12-13-25(26(31)16-23)24-17-27(32)30(28(33)18-24)36-15-14-29(34)35/h8-20,29H,2-7H2,1H3/b15-14+. The Labute approximate surface area is 208 Å². The highest BCUT2D eigenvalue weighted by Crippen LogP contribution is 2.38. The Balaban J connectivity index is 1.48. The number of ether oxygens (including phenoxy) is 1. The minimum Gasteiger partial charge on any atom is -0.459 e. The van der Waals surface area contributed by atoms with Crippen molar-refractivity contribution in [2.24, 2.45) is 5.92 Å². The van der Waals surface area contributed by atoms with Gasteiger partial charge < -0.3 is 4.74 Å². The average Bonchev–Trinajstić information content (AvgIpc) is 2.86. The summed E-state index contributed by atoms with van der Waals surface area (Å²) in [6.45, 7) is 2.24. The summed E-state index contributed by atoms with van der Waals surface area (Å²) in [7, 11) is 0. The third-order valence-electron chi connectivity index (χ3n) is 6.95. The van der Waals surface area contributed by atoms with Gasteiger partial charge in [-0.05, 0) is 78.0 Å². The van der Waals surface area contributed by atoms with Gasteiger partial charge in [0.1, 0.15) is 5.82 Å². The molecule has 3 aromatic rings. The molecule has 0 bridgehead atoms. The van der Waals surface area contributed by atoms with Crippen molar-refractivity contribution in [2.45, 2.75) is 57.8 Å². The van der Waals surface area contributed by atoms with E-state index in [0.717, 1.165) is 23.6 Å². The molecular weight excluding hydrogens is 471 g/mol. The highest BCUT2D eigenvalue weighted by Gasteiger charge is 2.22. The SMILES string of the molecule is CCCC1CCC(c2ccc(-c3ccc(-c4cc(F)c(O/C=C/C(F)F)c(F)c4)c(F)c3)cc2)CC1. The van der Waals surface area contributed by atoms with E-state index in [1.165, 1.54) is 56.2 Å². The van der Waals surface area contributed by atoms with E-state index in [2.05, 4.69) is 23.8 Å². The molecule has 0 N–H and O–H groups in total. The van der Waals surface area contributed by atoms with E-state index in [9.17, 15) is 22.0 Å². The molecule has 1 nitrogen and oxygen atoms in total. The van der Waals surface area contributed by atoms with Crippen molar-refractivity contribution >= 4 is 0 Å². The topological polar surface area (TPSA) is 9.23 Å². The first-order valence-corrected chi connectivity index (χ1v) is 12.4. The van der Waals surface area contributed by atoms with Crippen LogP contribution in [-0.2, 0) is 0 Å². The van der Waals surface area contributed by atoms with Gasteiger partial charge in [-0.15, -0.1) is 0 Å². The molecule has 36 heavy (non-hydrogen) atoms. The maximum atomic E-state index is 15.0. The molecule has 1 fully saturated rings. The van der Waals surface area contributed by atoms with Crippen molar-refractivity contribution in [1.29, 1.82) is 0 Å². The number of hydrogen-bond acceptors (Lipinski definition) is 1. The molecule has 0 amide bonds. The molecule has 4 rings (SSSR count). The molecular formula is C30H29F5O. The van der Waals surface area contributed by atoms with Crippen molar-refractivity contribution in [3.8, 4) is 28.0 Å². The van der Waals surface area contributed by atoms with Crippen LogP contribution in [0.1, 0.15) is 56.9 Å². The molecule has 0 aromatic heterocycles. The lowest BCUT2D eigenvalue weighted by molar-refractivity contribution is 0.200. The van der Waals surface area contributed by atoms with E-state index < -0.39 is 29.6 Å². The van der Waals surface area contributed by atoms with Gasteiger partial charge in [-0.1, -0.05) is 56.2 Å². The van der Waals surface area contributed by atoms with Crippen molar-refractivity contribution in [2.75, 3.05) is 0 Å². The minimum atomic E-state index is -2.82. The molecule has 0 unspecified atom stereocenters. The van der Waals surface area contributed by atoms with Gasteiger partial charge in [0.2, 0.25) is 0 Å². The molecule has 0 atom stereocenters. The second-order valence-corrected chi connectivity index (χ2v) is 9.37. The fourth-order valence-corrected chi connectivity index (χ4v) is 5.06. The second kappa shape index (κ2) is 11.7. The van der Waals surface area contributed by atoms with Crippen molar-refractivity contribution < 1.29 is 26.7 Å². The van der Waals surface area contributed by atoms with Gasteiger partial charge in [-0.25, -0.2) is 22.0 Å². The van der Waals surface area contributed by atoms with E-state index >= 15 is 0 Å². The van der Waals surface area contributed by atoms with Crippen LogP contribution in [0.5, 0.6) is 5.75 Å². The predicted molar refractivity (Wildman–Crippen MR) is 133 cm³/mol. The number of halogens is 5. The third-order valence-corrected chi connectivity index (χ3v) is 6.95. The first kappa shape index (κ1) is 25.9. The normalized spacial score (nSPS) is 18.2. The molecule has 1 aliphatic rings. The summed E-state index contributed by atoms with van der Waals surface area (Å²) < 4.78 is 72.6. The Bertz CT molecular complexity index is 1170. The van der Waals surface area contributed by atoms with Gasteiger partial charge in [0.15, 0.2) is 17.4 Å². The average molecular weight is 501 g/mol. The zero-order chi connectivity index (χ0) is 25.7. The first-order valence-electron chi connectivity index (χ1n) is 12.4. The van der Waals surface area contributed by atoms with Crippen LogP contribution in [0.2, 0.25) is 0 Å². The van der Waals surface area contributed by atoms with Gasteiger partial charge in [-0.2, -0.15) is 0 Å². The molecule has 190 valence electrons. The summed E-state index contributed by atoms with van der Waals surface area (Å²) in [5.41, 5.74) is 2.82. The largest absolute Gasteiger partial charge is 0.459 e. The molecule has 6 heteroatoms. The number of allylic oxidation sites excluding steroid dienone is 1. The molecule has 0 heterocycles. The van der Waals surface area contributed by atoms with Crippen molar-refractivity contribution in [3.05, 3.63) is 90.0 Å². The van der Waals surface area contributed by atoms with Gasteiger partial charge in [0.05, 0.1) is 6.26 Å². The third kappa shape index (κ3) is 6.15. The highest BCUT2D eigenvalue weighted by molar-refractivity contribution is 5.71. The fraction of sp³-hybridized carbons (Fsp3) is 0.333. The van der Waals surface area contributed by atoms with E-state index in [0.29, 0.717) is 23.8 Å². The van der Waals surface area contributed by atoms with Crippen LogP contribution in [0.3, 0.4) is 0 Å². The number of alkyl halides is 2. The number of benzene rings is 3. The molecule has 1 aliphatic carbocycles. The quantitative estimate of drug-likeness (QED) is 0.221. The summed E-state index contributed by atoms with van der Waals surface area (Å²) in [5, 5.41) is 0. The number of rotatable bonds is 8. The Hall–Kier alpha value is -3.15. The fourth-order valence-electron chi connectivity index (χ4n) is 5.06. The molecule has 0 radical (unpaired) electrons. The highest BCUT2D eigenvalue weighted by atomic mass is 19.3. The second-order valence-electron chi connectivity index (χ2n) is 9.37. The maximum Gasteiger partial charge on any atom is 0.260 e. The summed E-state index contributed by atoms with van der Waals surface area (Å²) in [6.07, 6.45) is 5.55. The molecule has 0 saturated heterocycles. The van der Waals surface area contributed by atoms with Gasteiger partial charge >= 0.3 is 0 Å². The van der Waals surface area contributed by atoms with Crippen LogP contribution in [0.4, 0.5) is 22.0 Å². The molecule has 3 aromatic carbocycles. The van der Waals surface area contributed by atoms with E-state index in [4.69, 9.17) is 0 Å². The van der Waals surface area contributed by atoms with E-state index in [1.807, 2.05) is 12.1 Å². The molecule has 0 spiro atoms. The zero-order valence-electron chi connectivity index (χ0n) is 20.1. The summed E-state index contributed by atoms with van der Waals surface area (Å²) in [5.74, 6) is -2.28. The van der Waals surface area contributed by atoms with E-state index in [-0.39, 0.29) is 11.1 Å². The number of hydrogen-bond donors (Lipinski definition) is 0. The monoisotopic (exact) mass is 500 g/mol. The lowest BCUT2D eigenvalue weighted by Crippen LogP contribution is -2.13. The first-order chi connectivity index (χ1) is 17.4. The Morgan fingerprint density at radius 2 is 1.42 bits per heavy atom. The van der Waals surface area contributed by atoms with Crippen LogP contribution in [0.15, 0.2) is 66.9 Å². The minimum absolute atomic E-state index is 0.0201. The summed E-state index contributed by atoms with van der Waals surface area (Å²) >= 11 is 0. The van der Waals surface area contributed by atoms with Crippen LogP contribution in [0.25, 0.3) is 22.3 Å². The predicted octanol–water partition coefficient (Wildman–Crippen LogP) is 9.67. The lowest BCUT2D eigenvalue weighted by Gasteiger charge is -2.28. The van der Waals surface area contributed by atoms with Gasteiger partial charge in [0, 0.05) is 11.6 Å². The summed E-state index contributed by atoms with van der Waals surface area (Å²) in [6, 6.07) is 14.5. The van der Waals surface area contributed by atoms with Gasteiger partial charge in [0.25, 0.3) is 6.43 Å². The van der Waals surface area contributed by atoms with Crippen LogP contribution >= 0.6 is 0 Å². The van der Waals surface area contributed by atoms with Crippen LogP contribution in [0, 0.1) is 23.4 Å². The lowest BCUT2D eigenvalue weighted by atomic mass is 9.77. The Morgan fingerprint density at radius 3 is 2.00 bits per heavy atom. The Kier molecular flexibility index (Phi) is 8.44. The molecule has 0 aliphatic heterocycles. The van der Waals surface area contributed by atoms with Crippen molar-refractivity contribution in [3.63, 3.8) is 0 Å². The zero-order valence-corrected chi connectivity index (χ0v) is 20.1. The smallest absolute Gasteiger partial charge is 0.260 e. The molecule has 1 saturated carbocycles.